The molecule has 0 aliphatic carbocycles. The lowest BCUT2D eigenvalue weighted by atomic mass is 10.3. The topological polar surface area (TPSA) is 114 Å². The minimum atomic E-state index is -0.805. The van der Waals surface area contributed by atoms with E-state index in [1.807, 2.05) is 4.90 Å². The molecule has 1 aromatic rings. The van der Waals surface area contributed by atoms with Crippen LogP contribution in [0, 0.1) is 17.0 Å². The van der Waals surface area contributed by atoms with Gasteiger partial charge in [-0.3, -0.25) is 0 Å². The van der Waals surface area contributed by atoms with Gasteiger partial charge in [0, 0.05) is 38.9 Å². The predicted molar refractivity (Wildman–Crippen MR) is 105 cm³/mol. The molecule has 0 radical (unpaired) electrons. The van der Waals surface area contributed by atoms with Gasteiger partial charge in [-0.2, -0.15) is 0 Å². The summed E-state index contributed by atoms with van der Waals surface area (Å²) in [4.78, 5) is 29.7. The molecule has 1 atom stereocenters. The zero-order valence-corrected chi connectivity index (χ0v) is 16.9. The van der Waals surface area contributed by atoms with Crippen molar-refractivity contribution in [3.05, 3.63) is 22.1 Å². The number of rotatable bonds is 6. The molecule has 1 fully saturated rings. The fourth-order valence-corrected chi connectivity index (χ4v) is 3.83. The van der Waals surface area contributed by atoms with Crippen molar-refractivity contribution in [2.75, 3.05) is 38.5 Å². The van der Waals surface area contributed by atoms with Crippen LogP contribution in [0.15, 0.2) is 6.20 Å². The molecular weight excluding hydrogens is 394 g/mol. The quantitative estimate of drug-likeness (QED) is 0.415. The number of aromatic nitrogens is 2. The molecule has 1 saturated heterocycles. The van der Waals surface area contributed by atoms with Gasteiger partial charge >= 0.3 is 11.9 Å². The van der Waals surface area contributed by atoms with Gasteiger partial charge in [-0.1, -0.05) is 24.0 Å². The smallest absolute Gasteiger partial charge is 0.409 e. The summed E-state index contributed by atoms with van der Waals surface area (Å²) in [6, 6.07) is 0. The largest absolute Gasteiger partial charge is 0.450 e. The molecular formula is C15H23N5O5S2. The number of hydrogen-bond acceptors (Lipinski definition) is 8. The van der Waals surface area contributed by atoms with Gasteiger partial charge in [0.25, 0.3) is 0 Å². The highest BCUT2D eigenvalue weighted by Gasteiger charge is 2.25. The maximum absolute atomic E-state index is 11.7. The molecule has 1 N–H and O–H groups in total. The van der Waals surface area contributed by atoms with Crippen LogP contribution in [0.3, 0.4) is 0 Å². The van der Waals surface area contributed by atoms with Gasteiger partial charge in [0.05, 0.1) is 6.61 Å². The summed E-state index contributed by atoms with van der Waals surface area (Å²) in [7, 11) is 0. The number of carbonyl (C=O) groups excluding carboxylic acids is 1. The van der Waals surface area contributed by atoms with Crippen LogP contribution in [0.25, 0.3) is 0 Å². The number of imidazole rings is 1. The highest BCUT2D eigenvalue weighted by molar-refractivity contribution is 8.22. The number of ether oxygens (including phenoxy) is 1. The second kappa shape index (κ2) is 9.85. The van der Waals surface area contributed by atoms with Crippen molar-refractivity contribution < 1.29 is 19.6 Å². The minimum absolute atomic E-state index is 0.0778. The van der Waals surface area contributed by atoms with Crippen LogP contribution >= 0.6 is 24.0 Å². The SMILES string of the molecule is CCOC(=O)N1CCN(C(=S)SCC(O)Cn2c([N+](=O)[O-])cnc2C)CC1. The summed E-state index contributed by atoms with van der Waals surface area (Å²) >= 11 is 6.73. The van der Waals surface area contributed by atoms with E-state index in [-0.39, 0.29) is 18.5 Å². The van der Waals surface area contributed by atoms with Gasteiger partial charge in [-0.25, -0.2) is 14.3 Å². The van der Waals surface area contributed by atoms with Gasteiger partial charge in [0.1, 0.15) is 23.2 Å². The third kappa shape index (κ3) is 5.78. The van der Waals surface area contributed by atoms with E-state index in [0.29, 0.717) is 48.7 Å². The van der Waals surface area contributed by atoms with Crippen LogP contribution < -0.4 is 0 Å². The lowest BCUT2D eigenvalue weighted by Crippen LogP contribution is -2.49. The Bertz CT molecular complexity index is 690. The van der Waals surface area contributed by atoms with Gasteiger partial charge in [-0.05, 0) is 11.8 Å². The zero-order valence-electron chi connectivity index (χ0n) is 15.2. The Hall–Kier alpha value is -1.92. The first-order valence-electron chi connectivity index (χ1n) is 8.51. The third-order valence-corrected chi connectivity index (χ3v) is 5.75. The molecule has 0 aromatic carbocycles. The number of thiocarbonyl (C=S) groups is 1. The standard InChI is InChI=1S/C15H23N5O5S2/c1-3-25-14(22)17-4-6-18(7-5-17)15(26)27-10-12(21)9-19-11(2)16-8-13(19)20(23)24/h8,12,21H,3-7,9-10H2,1-2H3. The van der Waals surface area contributed by atoms with E-state index in [2.05, 4.69) is 4.98 Å². The van der Waals surface area contributed by atoms with Gasteiger partial charge < -0.3 is 29.8 Å². The predicted octanol–water partition coefficient (Wildman–Crippen LogP) is 1.25. The molecule has 2 heterocycles. The van der Waals surface area contributed by atoms with E-state index >= 15 is 0 Å². The molecule has 2 rings (SSSR count). The number of hydrogen-bond donors (Lipinski definition) is 1. The number of aryl methyl sites for hydroxylation is 1. The Morgan fingerprint density at radius 3 is 2.67 bits per heavy atom. The van der Waals surface area contributed by atoms with Crippen LogP contribution in [0.2, 0.25) is 0 Å². The van der Waals surface area contributed by atoms with Crippen molar-refractivity contribution in [1.29, 1.82) is 0 Å². The summed E-state index contributed by atoms with van der Waals surface area (Å²) in [6.07, 6.45) is 0.0619. The van der Waals surface area contributed by atoms with Crippen LogP contribution in [0.5, 0.6) is 0 Å². The molecule has 27 heavy (non-hydrogen) atoms. The number of piperazine rings is 1. The lowest BCUT2D eigenvalue weighted by Gasteiger charge is -2.35. The van der Waals surface area contributed by atoms with E-state index < -0.39 is 11.0 Å². The first kappa shape index (κ1) is 21.4. The van der Waals surface area contributed by atoms with Crippen molar-refractivity contribution in [2.24, 2.45) is 0 Å². The Balaban J connectivity index is 1.78. The maximum Gasteiger partial charge on any atom is 0.409 e. The van der Waals surface area contributed by atoms with Crippen LogP contribution in [0.1, 0.15) is 12.7 Å². The normalized spacial score (nSPS) is 15.5. The fraction of sp³-hybridized carbons (Fsp3) is 0.667. The summed E-state index contributed by atoms with van der Waals surface area (Å²) in [5.41, 5.74) is 0. The summed E-state index contributed by atoms with van der Waals surface area (Å²) in [5.74, 6) is 0.642. The summed E-state index contributed by atoms with van der Waals surface area (Å²) in [5, 5.41) is 21.2. The van der Waals surface area contributed by atoms with Gasteiger partial charge in [0.2, 0.25) is 0 Å². The van der Waals surface area contributed by atoms with Crippen molar-refractivity contribution in [2.45, 2.75) is 26.5 Å². The van der Waals surface area contributed by atoms with E-state index in [0.717, 1.165) is 0 Å². The molecule has 10 nitrogen and oxygen atoms in total. The second-order valence-electron chi connectivity index (χ2n) is 5.94. The second-order valence-corrected chi connectivity index (χ2v) is 7.59. The summed E-state index contributed by atoms with van der Waals surface area (Å²) in [6.45, 7) is 6.12. The number of nitro groups is 1. The molecule has 1 unspecified atom stereocenters. The van der Waals surface area contributed by atoms with Crippen molar-refractivity contribution in [3.8, 4) is 0 Å². The van der Waals surface area contributed by atoms with Gasteiger partial charge in [0.15, 0.2) is 5.82 Å². The number of nitrogens with zero attached hydrogens (tertiary/aromatic N) is 5. The summed E-state index contributed by atoms with van der Waals surface area (Å²) < 4.78 is 7.00. The minimum Gasteiger partial charge on any atom is -0.450 e. The van der Waals surface area contributed by atoms with Crippen molar-refractivity contribution in [1.82, 2.24) is 19.4 Å². The molecule has 1 aromatic heterocycles. The molecule has 1 aliphatic heterocycles. The van der Waals surface area contributed by atoms with Crippen LogP contribution in [-0.4, -0.2) is 84.4 Å². The van der Waals surface area contributed by atoms with E-state index in [1.54, 1.807) is 18.7 Å². The van der Waals surface area contributed by atoms with Crippen LogP contribution in [0.4, 0.5) is 10.6 Å². The van der Waals surface area contributed by atoms with Gasteiger partial charge in [-0.15, -0.1) is 0 Å². The van der Waals surface area contributed by atoms with E-state index in [1.165, 1.54) is 22.5 Å². The molecule has 0 saturated carbocycles. The maximum atomic E-state index is 11.7. The molecule has 1 aliphatic rings. The molecule has 0 spiro atoms. The van der Waals surface area contributed by atoms with E-state index in [4.69, 9.17) is 17.0 Å². The zero-order chi connectivity index (χ0) is 20.0. The number of aliphatic hydroxyl groups is 1. The first-order valence-corrected chi connectivity index (χ1v) is 9.90. The Morgan fingerprint density at radius 1 is 1.44 bits per heavy atom. The fourth-order valence-electron chi connectivity index (χ4n) is 2.64. The van der Waals surface area contributed by atoms with Crippen molar-refractivity contribution >= 4 is 40.2 Å². The number of thioether (sulfide) groups is 1. The molecule has 0 bridgehead atoms. The Morgan fingerprint density at radius 2 is 2.07 bits per heavy atom. The number of aliphatic hydroxyl groups excluding tert-OH is 1. The first-order chi connectivity index (χ1) is 12.8. The molecule has 150 valence electrons. The average Bonchev–Trinajstić information content (AvgIpc) is 3.00. The van der Waals surface area contributed by atoms with E-state index in [9.17, 15) is 20.0 Å². The molecule has 1 amide bonds. The monoisotopic (exact) mass is 417 g/mol. The third-order valence-electron chi connectivity index (χ3n) is 4.08. The lowest BCUT2D eigenvalue weighted by molar-refractivity contribution is -0.392. The number of amides is 1. The Labute approximate surface area is 166 Å². The highest BCUT2D eigenvalue weighted by Crippen LogP contribution is 2.18. The van der Waals surface area contributed by atoms with Crippen molar-refractivity contribution in [3.63, 3.8) is 0 Å². The number of carbonyl (C=O) groups is 1. The highest BCUT2D eigenvalue weighted by atomic mass is 32.2. The van der Waals surface area contributed by atoms with Crippen LogP contribution in [-0.2, 0) is 11.3 Å². The Kier molecular flexibility index (Phi) is 7.80. The molecule has 12 heteroatoms. The average molecular weight is 418 g/mol.